The Morgan fingerprint density at radius 2 is 1.07 bits per heavy atom. The summed E-state index contributed by atoms with van der Waals surface area (Å²) in [6.45, 7) is 6.64. The van der Waals surface area contributed by atoms with Crippen molar-refractivity contribution in [3.8, 4) is 11.1 Å². The zero-order valence-electron chi connectivity index (χ0n) is 32.2. The minimum atomic E-state index is 0.791. The maximum absolute atomic E-state index is 3.93. The van der Waals surface area contributed by atoms with E-state index in [1.807, 2.05) is 23.5 Å². The van der Waals surface area contributed by atoms with E-state index in [0.29, 0.717) is 0 Å². The van der Waals surface area contributed by atoms with Crippen LogP contribution in [-0.4, -0.2) is 7.28 Å². The zero-order valence-corrected chi connectivity index (χ0v) is 33.8. The van der Waals surface area contributed by atoms with Gasteiger partial charge in [0.25, 0.3) is 0 Å². The highest BCUT2D eigenvalue weighted by atomic mass is 32.2. The van der Waals surface area contributed by atoms with Gasteiger partial charge in [0.05, 0.1) is 0 Å². The van der Waals surface area contributed by atoms with E-state index in [2.05, 4.69) is 212 Å². The van der Waals surface area contributed by atoms with Crippen LogP contribution in [-0.2, 0) is 0 Å². The average molecular weight is 770 g/mol. The molecule has 6 heteroatoms. The van der Waals surface area contributed by atoms with E-state index in [-0.39, 0.29) is 0 Å². The van der Waals surface area contributed by atoms with Crippen molar-refractivity contribution in [2.45, 2.75) is 40.4 Å². The minimum Gasteiger partial charge on any atom is -0.355 e. The lowest BCUT2D eigenvalue weighted by atomic mass is 9.58. The van der Waals surface area contributed by atoms with Gasteiger partial charge in [-0.05, 0) is 133 Å². The van der Waals surface area contributed by atoms with Crippen LogP contribution in [0.2, 0.25) is 0 Å². The summed E-state index contributed by atoms with van der Waals surface area (Å²) in [5.41, 5.74) is 18.0. The summed E-state index contributed by atoms with van der Waals surface area (Å²) in [6, 6.07) is 64.2. The van der Waals surface area contributed by atoms with Crippen LogP contribution in [0.3, 0.4) is 0 Å². The van der Waals surface area contributed by atoms with E-state index in [1.165, 1.54) is 75.4 Å². The number of hydrogen-bond donors (Lipinski definition) is 1. The van der Waals surface area contributed by atoms with Gasteiger partial charge in [0.2, 0.25) is 0 Å². The molecule has 0 saturated heterocycles. The van der Waals surface area contributed by atoms with Gasteiger partial charge in [-0.1, -0.05) is 120 Å². The number of benzene rings is 8. The van der Waals surface area contributed by atoms with Crippen molar-refractivity contribution >= 4 is 87.2 Å². The molecule has 57 heavy (non-hydrogen) atoms. The van der Waals surface area contributed by atoms with Gasteiger partial charge < -0.3 is 15.1 Å². The van der Waals surface area contributed by atoms with Crippen molar-refractivity contribution in [1.82, 2.24) is 0 Å². The lowest BCUT2D eigenvalue weighted by Crippen LogP contribution is -2.41. The first-order valence-electron chi connectivity index (χ1n) is 19.5. The van der Waals surface area contributed by atoms with E-state index in [1.54, 1.807) is 0 Å². The molecule has 0 radical (unpaired) electrons. The van der Waals surface area contributed by atoms with Crippen LogP contribution in [0, 0.1) is 20.8 Å². The third-order valence-electron chi connectivity index (χ3n) is 11.0. The molecular formula is C51H40BN3S2. The number of nitrogens with zero attached hydrogens (tertiary/aromatic N) is 2. The first-order chi connectivity index (χ1) is 28.0. The predicted molar refractivity (Wildman–Crippen MR) is 246 cm³/mol. The van der Waals surface area contributed by atoms with E-state index < -0.39 is 0 Å². The molecule has 2 heterocycles. The van der Waals surface area contributed by atoms with Crippen LogP contribution >= 0.6 is 23.5 Å². The standard InChI is InChI=1S/C51H40BN3S2/c1-33-28-40(39-31-49-50(57-48-25-15-14-24-47(48)56-49)32-43(39)53-42-22-12-10-16-34(42)2)51-46(29-33)55(44-23-13-11-17-35(44)3)45-27-26-38(30-41(45)52-51)54(36-18-6-4-7-19-36)37-20-8-5-9-21-37/h4-32,52-53H,1-3H3. The molecule has 0 unspecified atom stereocenters. The van der Waals surface area contributed by atoms with Crippen molar-refractivity contribution in [1.29, 1.82) is 0 Å². The van der Waals surface area contributed by atoms with Crippen molar-refractivity contribution in [2.24, 2.45) is 0 Å². The molecule has 10 rings (SSSR count). The van der Waals surface area contributed by atoms with Crippen molar-refractivity contribution in [2.75, 3.05) is 15.1 Å². The van der Waals surface area contributed by atoms with Gasteiger partial charge in [-0.3, -0.25) is 0 Å². The fourth-order valence-electron chi connectivity index (χ4n) is 8.25. The van der Waals surface area contributed by atoms with E-state index in [4.69, 9.17) is 0 Å². The van der Waals surface area contributed by atoms with Gasteiger partial charge in [0.15, 0.2) is 7.28 Å². The zero-order chi connectivity index (χ0) is 38.5. The summed E-state index contributed by atoms with van der Waals surface area (Å²) in [5, 5.41) is 3.93. The summed E-state index contributed by atoms with van der Waals surface area (Å²) >= 11 is 3.74. The Kier molecular flexibility index (Phi) is 9.16. The first-order valence-corrected chi connectivity index (χ1v) is 21.1. The first kappa shape index (κ1) is 35.3. The van der Waals surface area contributed by atoms with Crippen LogP contribution in [0.15, 0.2) is 196 Å². The van der Waals surface area contributed by atoms with Gasteiger partial charge in [0, 0.05) is 70.6 Å². The number of hydrogen-bond acceptors (Lipinski definition) is 5. The second-order valence-electron chi connectivity index (χ2n) is 14.9. The Balaban J connectivity index is 1.19. The van der Waals surface area contributed by atoms with Crippen LogP contribution in [0.4, 0.5) is 45.5 Å². The van der Waals surface area contributed by atoms with Gasteiger partial charge in [0.1, 0.15) is 0 Å². The van der Waals surface area contributed by atoms with Gasteiger partial charge in [-0.15, -0.1) is 0 Å². The predicted octanol–water partition coefficient (Wildman–Crippen LogP) is 13.3. The second-order valence-corrected chi connectivity index (χ2v) is 17.0. The number of nitrogens with one attached hydrogen (secondary N) is 1. The van der Waals surface area contributed by atoms with Gasteiger partial charge in [-0.2, -0.15) is 0 Å². The summed E-state index contributed by atoms with van der Waals surface area (Å²) in [6.07, 6.45) is 0. The third-order valence-corrected chi connectivity index (χ3v) is 13.5. The molecule has 2 aliphatic heterocycles. The number of rotatable bonds is 7. The molecule has 2 aliphatic rings. The van der Waals surface area contributed by atoms with E-state index >= 15 is 0 Å². The van der Waals surface area contributed by atoms with Crippen LogP contribution < -0.4 is 26.0 Å². The van der Waals surface area contributed by atoms with Crippen molar-refractivity contribution < 1.29 is 0 Å². The number of anilines is 8. The Morgan fingerprint density at radius 3 is 1.75 bits per heavy atom. The fourth-order valence-corrected chi connectivity index (χ4v) is 10.5. The molecule has 0 fully saturated rings. The Hall–Kier alpha value is -6.08. The highest BCUT2D eigenvalue weighted by molar-refractivity contribution is 8.05. The number of aryl methyl sites for hydroxylation is 3. The lowest BCUT2D eigenvalue weighted by Gasteiger charge is -2.37. The van der Waals surface area contributed by atoms with Gasteiger partial charge >= 0.3 is 0 Å². The van der Waals surface area contributed by atoms with E-state index in [0.717, 1.165) is 35.7 Å². The molecule has 1 N–H and O–H groups in total. The molecule has 0 spiro atoms. The SMILES string of the molecule is Cc1cc(-c2cc3c(cc2Nc2ccccc2C)Sc2ccccc2S3)c2c(c1)N(c1ccccc1C)c1ccc(N(c3ccccc3)c3ccccc3)cc1B2. The van der Waals surface area contributed by atoms with Crippen molar-refractivity contribution in [3.05, 3.63) is 193 Å². The molecule has 8 aromatic rings. The second kappa shape index (κ2) is 14.8. The molecule has 0 bridgehead atoms. The van der Waals surface area contributed by atoms with Crippen molar-refractivity contribution in [3.63, 3.8) is 0 Å². The normalized spacial score (nSPS) is 12.4. The fraction of sp³-hybridized carbons (Fsp3) is 0.0588. The van der Waals surface area contributed by atoms with Crippen LogP contribution in [0.25, 0.3) is 11.1 Å². The van der Waals surface area contributed by atoms with Crippen LogP contribution in [0.5, 0.6) is 0 Å². The molecule has 0 amide bonds. The smallest absolute Gasteiger partial charge is 0.198 e. The number of para-hydroxylation sites is 4. The topological polar surface area (TPSA) is 18.5 Å². The summed E-state index contributed by atoms with van der Waals surface area (Å²) in [5.74, 6) is 0. The summed E-state index contributed by atoms with van der Waals surface area (Å²) in [7, 11) is 0.791. The van der Waals surface area contributed by atoms with E-state index in [9.17, 15) is 0 Å². The van der Waals surface area contributed by atoms with Crippen LogP contribution in [0.1, 0.15) is 16.7 Å². The maximum atomic E-state index is 3.93. The Labute approximate surface area is 344 Å². The highest BCUT2D eigenvalue weighted by Gasteiger charge is 2.31. The average Bonchev–Trinajstić information content (AvgIpc) is 3.24. The molecule has 0 aromatic heterocycles. The Morgan fingerprint density at radius 1 is 0.456 bits per heavy atom. The molecule has 3 nitrogen and oxygen atoms in total. The Bertz CT molecular complexity index is 2760. The quantitative estimate of drug-likeness (QED) is 0.162. The lowest BCUT2D eigenvalue weighted by molar-refractivity contribution is 1.16. The third kappa shape index (κ3) is 6.59. The largest absolute Gasteiger partial charge is 0.355 e. The molecule has 274 valence electrons. The molecular weight excluding hydrogens is 730 g/mol. The van der Waals surface area contributed by atoms with Gasteiger partial charge in [-0.25, -0.2) is 0 Å². The molecule has 0 aliphatic carbocycles. The monoisotopic (exact) mass is 769 g/mol. The maximum Gasteiger partial charge on any atom is 0.198 e. The minimum absolute atomic E-state index is 0.791. The summed E-state index contributed by atoms with van der Waals surface area (Å²) < 4.78 is 0. The summed E-state index contributed by atoms with van der Waals surface area (Å²) in [4.78, 5) is 10.0. The molecule has 8 aromatic carbocycles. The highest BCUT2D eigenvalue weighted by Crippen LogP contribution is 2.52. The molecule has 0 atom stereocenters. The molecule has 0 saturated carbocycles. The number of fused-ring (bicyclic) bond motifs is 4.